The van der Waals surface area contributed by atoms with Crippen LogP contribution in [-0.4, -0.2) is 22.7 Å². The van der Waals surface area contributed by atoms with Gasteiger partial charge in [0.2, 0.25) is 5.78 Å². The molecule has 100 valence electrons. The van der Waals surface area contributed by atoms with Crippen LogP contribution in [0, 0.1) is 5.82 Å². The second kappa shape index (κ2) is 5.40. The number of carbonyl (C=O) groups excluding carboxylic acids is 1. The summed E-state index contributed by atoms with van der Waals surface area (Å²) in [5, 5.41) is 4.24. The summed E-state index contributed by atoms with van der Waals surface area (Å²) in [6, 6.07) is 4.03. The van der Waals surface area contributed by atoms with Crippen LogP contribution in [0.15, 0.2) is 24.4 Å². The van der Waals surface area contributed by atoms with E-state index in [1.165, 1.54) is 30.1 Å². The lowest BCUT2D eigenvalue weighted by atomic mass is 10.1. The van der Waals surface area contributed by atoms with Gasteiger partial charge < -0.3 is 4.74 Å². The SMILES string of the molecule is CCn1ncc(Cl)c1C(=O)c1ccc(OC)c(F)c1. The van der Waals surface area contributed by atoms with E-state index in [9.17, 15) is 9.18 Å². The van der Waals surface area contributed by atoms with Crippen LogP contribution in [0.4, 0.5) is 4.39 Å². The molecule has 0 bridgehead atoms. The zero-order valence-electron chi connectivity index (χ0n) is 10.5. The molecule has 0 fully saturated rings. The van der Waals surface area contributed by atoms with Crippen LogP contribution in [0.3, 0.4) is 0 Å². The number of ketones is 1. The minimum Gasteiger partial charge on any atom is -0.494 e. The van der Waals surface area contributed by atoms with Gasteiger partial charge in [-0.1, -0.05) is 11.6 Å². The van der Waals surface area contributed by atoms with Crippen molar-refractivity contribution >= 4 is 17.4 Å². The highest BCUT2D eigenvalue weighted by Gasteiger charge is 2.19. The van der Waals surface area contributed by atoms with Crippen molar-refractivity contribution in [3.8, 4) is 5.75 Å². The van der Waals surface area contributed by atoms with E-state index in [2.05, 4.69) is 5.10 Å². The molecule has 1 aromatic carbocycles. The van der Waals surface area contributed by atoms with Gasteiger partial charge in [0.05, 0.1) is 18.3 Å². The van der Waals surface area contributed by atoms with Crippen LogP contribution in [0.2, 0.25) is 5.02 Å². The maximum Gasteiger partial charge on any atom is 0.212 e. The van der Waals surface area contributed by atoms with E-state index in [0.29, 0.717) is 6.54 Å². The van der Waals surface area contributed by atoms with Crippen molar-refractivity contribution in [3.63, 3.8) is 0 Å². The lowest BCUT2D eigenvalue weighted by molar-refractivity contribution is 0.102. The standard InChI is InChI=1S/C13H12ClFN2O2/c1-3-17-12(9(14)7-16-17)13(18)8-4-5-11(19-2)10(15)6-8/h4-7H,3H2,1-2H3. The summed E-state index contributed by atoms with van der Waals surface area (Å²) in [5.74, 6) is -0.871. The van der Waals surface area contributed by atoms with E-state index in [0.717, 1.165) is 6.07 Å². The number of nitrogens with zero attached hydrogens (tertiary/aromatic N) is 2. The second-order valence-corrected chi connectivity index (χ2v) is 4.24. The van der Waals surface area contributed by atoms with E-state index in [-0.39, 0.29) is 27.8 Å². The van der Waals surface area contributed by atoms with Gasteiger partial charge in [0.15, 0.2) is 11.6 Å². The number of methoxy groups -OCH3 is 1. The number of rotatable bonds is 4. The molecule has 0 unspecified atom stereocenters. The van der Waals surface area contributed by atoms with Gasteiger partial charge in [-0.15, -0.1) is 0 Å². The summed E-state index contributed by atoms with van der Waals surface area (Å²) in [5.41, 5.74) is 0.462. The van der Waals surface area contributed by atoms with Crippen molar-refractivity contribution in [2.24, 2.45) is 0 Å². The van der Waals surface area contributed by atoms with Gasteiger partial charge in [0.1, 0.15) is 5.69 Å². The average molecular weight is 283 g/mol. The summed E-state index contributed by atoms with van der Waals surface area (Å²) in [6.45, 7) is 2.35. The molecule has 0 N–H and O–H groups in total. The van der Waals surface area contributed by atoms with Crippen LogP contribution in [0.25, 0.3) is 0 Å². The fourth-order valence-corrected chi connectivity index (χ4v) is 2.00. The maximum absolute atomic E-state index is 13.6. The van der Waals surface area contributed by atoms with Crippen LogP contribution in [-0.2, 0) is 6.54 Å². The summed E-state index contributed by atoms with van der Waals surface area (Å²) in [7, 11) is 1.36. The topological polar surface area (TPSA) is 44.1 Å². The number of hydrogen-bond donors (Lipinski definition) is 0. The fraction of sp³-hybridized carbons (Fsp3) is 0.231. The Morgan fingerprint density at radius 2 is 2.26 bits per heavy atom. The number of halogens is 2. The van der Waals surface area contributed by atoms with E-state index in [4.69, 9.17) is 16.3 Å². The van der Waals surface area contributed by atoms with Gasteiger partial charge in [-0.3, -0.25) is 9.48 Å². The number of benzene rings is 1. The van der Waals surface area contributed by atoms with Gasteiger partial charge in [0.25, 0.3) is 0 Å². The van der Waals surface area contributed by atoms with Crippen LogP contribution in [0.5, 0.6) is 5.75 Å². The van der Waals surface area contributed by atoms with Crippen molar-refractivity contribution in [3.05, 3.63) is 46.5 Å². The Morgan fingerprint density at radius 3 is 2.84 bits per heavy atom. The number of carbonyl (C=O) groups is 1. The minimum absolute atomic E-state index is 0.0895. The molecule has 0 saturated carbocycles. The van der Waals surface area contributed by atoms with Crippen LogP contribution < -0.4 is 4.74 Å². The molecule has 0 aliphatic rings. The zero-order valence-corrected chi connectivity index (χ0v) is 11.2. The average Bonchev–Trinajstić information content (AvgIpc) is 2.78. The molecule has 2 aromatic rings. The predicted octanol–water partition coefficient (Wildman–Crippen LogP) is 2.94. The molecule has 0 radical (unpaired) electrons. The first kappa shape index (κ1) is 13.5. The van der Waals surface area contributed by atoms with E-state index >= 15 is 0 Å². The molecule has 0 atom stereocenters. The first-order valence-electron chi connectivity index (χ1n) is 5.68. The Balaban J connectivity index is 2.44. The second-order valence-electron chi connectivity index (χ2n) is 3.84. The summed E-state index contributed by atoms with van der Waals surface area (Å²) in [4.78, 5) is 12.3. The quantitative estimate of drug-likeness (QED) is 0.810. The van der Waals surface area contributed by atoms with Gasteiger partial charge in [-0.05, 0) is 25.1 Å². The maximum atomic E-state index is 13.6. The van der Waals surface area contributed by atoms with Crippen LogP contribution >= 0.6 is 11.6 Å². The minimum atomic E-state index is -0.591. The molecule has 0 aliphatic heterocycles. The third-order valence-electron chi connectivity index (χ3n) is 2.72. The molecule has 19 heavy (non-hydrogen) atoms. The van der Waals surface area contributed by atoms with E-state index < -0.39 is 5.82 Å². The van der Waals surface area contributed by atoms with Crippen molar-refractivity contribution in [2.75, 3.05) is 7.11 Å². The predicted molar refractivity (Wildman–Crippen MR) is 69.3 cm³/mol. The first-order valence-corrected chi connectivity index (χ1v) is 6.05. The van der Waals surface area contributed by atoms with Gasteiger partial charge in [0, 0.05) is 12.1 Å². The molecule has 1 heterocycles. The highest BCUT2D eigenvalue weighted by molar-refractivity contribution is 6.34. The Morgan fingerprint density at radius 1 is 1.53 bits per heavy atom. The summed E-state index contributed by atoms with van der Waals surface area (Å²) >= 11 is 5.94. The third kappa shape index (κ3) is 2.46. The van der Waals surface area contributed by atoms with Gasteiger partial charge in [-0.2, -0.15) is 5.10 Å². The molecule has 0 saturated heterocycles. The highest BCUT2D eigenvalue weighted by atomic mass is 35.5. The zero-order chi connectivity index (χ0) is 14.0. The molecular formula is C13H12ClFN2O2. The first-order chi connectivity index (χ1) is 9.08. The van der Waals surface area contributed by atoms with Crippen molar-refractivity contribution in [2.45, 2.75) is 13.5 Å². The Labute approximate surface area is 114 Å². The third-order valence-corrected chi connectivity index (χ3v) is 3.00. The lowest BCUT2D eigenvalue weighted by Gasteiger charge is -2.06. The van der Waals surface area contributed by atoms with Gasteiger partial charge >= 0.3 is 0 Å². The van der Waals surface area contributed by atoms with Crippen LogP contribution in [0.1, 0.15) is 23.0 Å². The molecule has 0 amide bonds. The highest BCUT2D eigenvalue weighted by Crippen LogP contribution is 2.23. The molecular weight excluding hydrogens is 271 g/mol. The molecule has 0 spiro atoms. The fourth-order valence-electron chi connectivity index (χ4n) is 1.77. The lowest BCUT2D eigenvalue weighted by Crippen LogP contribution is -2.11. The van der Waals surface area contributed by atoms with Crippen molar-refractivity contribution in [1.82, 2.24) is 9.78 Å². The molecule has 2 rings (SSSR count). The number of ether oxygens (including phenoxy) is 1. The molecule has 4 nitrogen and oxygen atoms in total. The monoisotopic (exact) mass is 282 g/mol. The Bertz CT molecular complexity index is 625. The smallest absolute Gasteiger partial charge is 0.212 e. The Hall–Kier alpha value is -1.88. The molecule has 0 aliphatic carbocycles. The molecule has 6 heteroatoms. The van der Waals surface area contributed by atoms with Crippen molar-refractivity contribution in [1.29, 1.82) is 0 Å². The van der Waals surface area contributed by atoms with E-state index in [1.807, 2.05) is 6.92 Å². The van der Waals surface area contributed by atoms with Crippen molar-refractivity contribution < 1.29 is 13.9 Å². The number of hydrogen-bond acceptors (Lipinski definition) is 3. The molecule has 1 aromatic heterocycles. The summed E-state index contributed by atoms with van der Waals surface area (Å²) < 4.78 is 19.9. The Kier molecular flexibility index (Phi) is 3.85. The van der Waals surface area contributed by atoms with E-state index in [1.54, 1.807) is 0 Å². The number of aromatic nitrogens is 2. The normalized spacial score (nSPS) is 10.5. The van der Waals surface area contributed by atoms with Gasteiger partial charge in [-0.25, -0.2) is 4.39 Å². The summed E-state index contributed by atoms with van der Waals surface area (Å²) in [6.07, 6.45) is 1.40. The largest absolute Gasteiger partial charge is 0.494 e. The number of aryl methyl sites for hydroxylation is 1.